The molecule has 1 saturated carbocycles. The quantitative estimate of drug-likeness (QED) is 0.618. The van der Waals surface area contributed by atoms with Crippen molar-refractivity contribution in [2.75, 3.05) is 6.54 Å². The molecular formula is C9H14N4O. The first kappa shape index (κ1) is 9.21. The third-order valence-electron chi connectivity index (χ3n) is 2.72. The van der Waals surface area contributed by atoms with Gasteiger partial charge in [-0.2, -0.15) is 5.10 Å². The molecule has 5 nitrogen and oxygen atoms in total. The summed E-state index contributed by atoms with van der Waals surface area (Å²) in [5, 5.41) is 9.43. The largest absolute Gasteiger partial charge is 0.350 e. The van der Waals surface area contributed by atoms with Gasteiger partial charge >= 0.3 is 0 Å². The van der Waals surface area contributed by atoms with E-state index in [1.807, 2.05) is 6.07 Å². The average Bonchev–Trinajstić information content (AvgIpc) is 2.84. The zero-order chi connectivity index (χ0) is 10.0. The minimum Gasteiger partial charge on any atom is -0.350 e. The lowest BCUT2D eigenvalue weighted by Gasteiger charge is -2.11. The van der Waals surface area contributed by atoms with Gasteiger partial charge in [0.15, 0.2) is 0 Å². The second-order valence-electron chi connectivity index (χ2n) is 3.75. The molecule has 1 heterocycles. The highest BCUT2D eigenvalue weighted by molar-refractivity contribution is 5.85. The molecular weight excluding hydrogens is 180 g/mol. The zero-order valence-corrected chi connectivity index (χ0v) is 7.92. The number of amides is 1. The average molecular weight is 194 g/mol. The molecule has 14 heavy (non-hydrogen) atoms. The van der Waals surface area contributed by atoms with Gasteiger partial charge in [-0.25, -0.2) is 0 Å². The van der Waals surface area contributed by atoms with Crippen LogP contribution in [0.15, 0.2) is 12.3 Å². The van der Waals surface area contributed by atoms with E-state index in [0.29, 0.717) is 13.1 Å². The van der Waals surface area contributed by atoms with E-state index in [4.69, 9.17) is 5.73 Å². The number of carbonyl (C=O) groups excluding carboxylic acids is 1. The number of nitrogens with two attached hydrogens (primary N) is 1. The summed E-state index contributed by atoms with van der Waals surface area (Å²) in [7, 11) is 0. The molecule has 0 aromatic carbocycles. The van der Waals surface area contributed by atoms with Crippen molar-refractivity contribution in [1.29, 1.82) is 0 Å². The van der Waals surface area contributed by atoms with Crippen molar-refractivity contribution < 1.29 is 4.79 Å². The Hall–Kier alpha value is -1.36. The summed E-state index contributed by atoms with van der Waals surface area (Å²) in [6, 6.07) is 1.84. The van der Waals surface area contributed by atoms with Crippen LogP contribution in [0.25, 0.3) is 0 Å². The number of hydrogen-bond acceptors (Lipinski definition) is 3. The number of rotatable bonds is 4. The summed E-state index contributed by atoms with van der Waals surface area (Å²) < 4.78 is 0. The third kappa shape index (κ3) is 1.63. The van der Waals surface area contributed by atoms with Crippen molar-refractivity contribution in [3.05, 3.63) is 18.0 Å². The molecule has 0 atom stereocenters. The summed E-state index contributed by atoms with van der Waals surface area (Å²) >= 11 is 0. The fraction of sp³-hybridized carbons (Fsp3) is 0.556. The van der Waals surface area contributed by atoms with Gasteiger partial charge in [0, 0.05) is 12.7 Å². The Labute approximate surface area is 82.1 Å². The molecule has 0 spiro atoms. The number of hydrogen-bond donors (Lipinski definition) is 3. The molecule has 1 aliphatic carbocycles. The Kier molecular flexibility index (Phi) is 2.25. The summed E-state index contributed by atoms with van der Waals surface area (Å²) in [6.45, 7) is 0.947. The lowest BCUT2D eigenvalue weighted by molar-refractivity contribution is -0.126. The van der Waals surface area contributed by atoms with Crippen LogP contribution in [0, 0.1) is 5.41 Å². The lowest BCUT2D eigenvalue weighted by atomic mass is 10.1. The van der Waals surface area contributed by atoms with E-state index in [9.17, 15) is 4.79 Å². The Bertz CT molecular complexity index is 316. The van der Waals surface area contributed by atoms with Crippen LogP contribution >= 0.6 is 0 Å². The molecule has 1 amide bonds. The second-order valence-corrected chi connectivity index (χ2v) is 3.75. The van der Waals surface area contributed by atoms with Crippen LogP contribution in [-0.2, 0) is 11.3 Å². The Morgan fingerprint density at radius 1 is 1.71 bits per heavy atom. The van der Waals surface area contributed by atoms with Crippen molar-refractivity contribution >= 4 is 5.91 Å². The molecule has 1 aromatic heterocycles. The van der Waals surface area contributed by atoms with Crippen LogP contribution in [0.1, 0.15) is 18.5 Å². The maximum Gasteiger partial charge on any atom is 0.227 e. The minimum absolute atomic E-state index is 0.0644. The van der Waals surface area contributed by atoms with E-state index in [1.54, 1.807) is 6.20 Å². The maximum absolute atomic E-state index is 11.6. The first-order valence-corrected chi connectivity index (χ1v) is 4.73. The van der Waals surface area contributed by atoms with E-state index >= 15 is 0 Å². The first-order valence-electron chi connectivity index (χ1n) is 4.73. The highest BCUT2D eigenvalue weighted by Gasteiger charge is 2.48. The normalized spacial score (nSPS) is 17.8. The third-order valence-corrected chi connectivity index (χ3v) is 2.72. The van der Waals surface area contributed by atoms with Gasteiger partial charge in [0.2, 0.25) is 5.91 Å². The molecule has 0 saturated heterocycles. The van der Waals surface area contributed by atoms with Gasteiger partial charge in [0.25, 0.3) is 0 Å². The van der Waals surface area contributed by atoms with Crippen LogP contribution in [0.4, 0.5) is 0 Å². The molecule has 4 N–H and O–H groups in total. The molecule has 0 bridgehead atoms. The highest BCUT2D eigenvalue weighted by Crippen LogP contribution is 2.44. The van der Waals surface area contributed by atoms with E-state index in [-0.39, 0.29) is 11.3 Å². The summed E-state index contributed by atoms with van der Waals surface area (Å²) in [4.78, 5) is 11.6. The summed E-state index contributed by atoms with van der Waals surface area (Å²) in [6.07, 6.45) is 3.49. The van der Waals surface area contributed by atoms with E-state index < -0.39 is 0 Å². The van der Waals surface area contributed by atoms with E-state index in [1.165, 1.54) is 0 Å². The van der Waals surface area contributed by atoms with Gasteiger partial charge in [0.05, 0.1) is 17.7 Å². The predicted octanol–water partition coefficient (Wildman–Crippen LogP) is -0.235. The molecule has 0 radical (unpaired) electrons. The highest BCUT2D eigenvalue weighted by atomic mass is 16.2. The van der Waals surface area contributed by atoms with Gasteiger partial charge < -0.3 is 11.1 Å². The number of aromatic nitrogens is 2. The lowest BCUT2D eigenvalue weighted by Crippen LogP contribution is -2.36. The van der Waals surface area contributed by atoms with Crippen LogP contribution in [0.3, 0.4) is 0 Å². The SMILES string of the molecule is NCC1(C(=O)NCc2ccn[nH]2)CC1. The molecule has 5 heteroatoms. The fourth-order valence-corrected chi connectivity index (χ4v) is 1.42. The molecule has 1 aliphatic rings. The smallest absolute Gasteiger partial charge is 0.227 e. The van der Waals surface area contributed by atoms with Crippen molar-refractivity contribution in [2.45, 2.75) is 19.4 Å². The zero-order valence-electron chi connectivity index (χ0n) is 7.92. The maximum atomic E-state index is 11.6. The molecule has 1 fully saturated rings. The van der Waals surface area contributed by atoms with Crippen LogP contribution < -0.4 is 11.1 Å². The number of aromatic amines is 1. The Balaban J connectivity index is 1.84. The van der Waals surface area contributed by atoms with Crippen LogP contribution in [0.2, 0.25) is 0 Å². The summed E-state index contributed by atoms with van der Waals surface area (Å²) in [5.74, 6) is 0.0644. The van der Waals surface area contributed by atoms with Crippen molar-refractivity contribution in [1.82, 2.24) is 15.5 Å². The molecule has 76 valence electrons. The molecule has 0 aliphatic heterocycles. The number of carbonyl (C=O) groups is 1. The number of nitrogens with one attached hydrogen (secondary N) is 2. The van der Waals surface area contributed by atoms with Gasteiger partial charge in [-0.05, 0) is 18.9 Å². The van der Waals surface area contributed by atoms with Gasteiger partial charge in [-0.1, -0.05) is 0 Å². The first-order chi connectivity index (χ1) is 6.77. The van der Waals surface area contributed by atoms with Gasteiger partial charge in [-0.3, -0.25) is 9.89 Å². The Morgan fingerprint density at radius 2 is 2.50 bits per heavy atom. The topological polar surface area (TPSA) is 83.8 Å². The van der Waals surface area contributed by atoms with Gasteiger partial charge in [-0.15, -0.1) is 0 Å². The number of H-pyrrole nitrogens is 1. The Morgan fingerprint density at radius 3 is 3.00 bits per heavy atom. The van der Waals surface area contributed by atoms with Crippen molar-refractivity contribution in [2.24, 2.45) is 11.1 Å². The molecule has 2 rings (SSSR count). The molecule has 0 unspecified atom stereocenters. The minimum atomic E-state index is -0.264. The summed E-state index contributed by atoms with van der Waals surface area (Å²) in [5.41, 5.74) is 6.18. The fourth-order valence-electron chi connectivity index (χ4n) is 1.42. The van der Waals surface area contributed by atoms with Crippen LogP contribution in [0.5, 0.6) is 0 Å². The molecule has 1 aromatic rings. The predicted molar refractivity (Wildman–Crippen MR) is 51.2 cm³/mol. The van der Waals surface area contributed by atoms with Crippen molar-refractivity contribution in [3.8, 4) is 0 Å². The van der Waals surface area contributed by atoms with E-state index in [2.05, 4.69) is 15.5 Å². The standard InChI is InChI=1S/C9H14N4O/c10-6-9(2-3-9)8(14)11-5-7-1-4-12-13-7/h1,4H,2-3,5-6,10H2,(H,11,14)(H,12,13). The van der Waals surface area contributed by atoms with Gasteiger partial charge in [0.1, 0.15) is 0 Å². The second kappa shape index (κ2) is 3.42. The number of nitrogens with zero attached hydrogens (tertiary/aromatic N) is 1. The van der Waals surface area contributed by atoms with E-state index in [0.717, 1.165) is 18.5 Å². The monoisotopic (exact) mass is 194 g/mol. The van der Waals surface area contributed by atoms with Crippen molar-refractivity contribution in [3.63, 3.8) is 0 Å². The van der Waals surface area contributed by atoms with Crippen LogP contribution in [-0.4, -0.2) is 22.6 Å².